The number of nitrogens with zero attached hydrogens (tertiary/aromatic N) is 3. The minimum Gasteiger partial charge on any atom is -0.493 e. The average Bonchev–Trinajstić information content (AvgIpc) is 2.86. The maximum atomic E-state index is 13.2. The molecule has 3 aromatic rings. The highest BCUT2D eigenvalue weighted by Crippen LogP contribution is 2.31. The van der Waals surface area contributed by atoms with E-state index in [1.165, 1.54) is 30.7 Å². The molecule has 180 valence electrons. The minimum absolute atomic E-state index is 0.0218. The first-order chi connectivity index (χ1) is 16.3. The van der Waals surface area contributed by atoms with E-state index < -0.39 is 10.0 Å². The molecular formula is C25H29N3O5S. The average molecular weight is 484 g/mol. The Labute approximate surface area is 200 Å². The number of amides is 1. The van der Waals surface area contributed by atoms with E-state index in [0.29, 0.717) is 24.6 Å². The second-order valence-electron chi connectivity index (χ2n) is 8.30. The Morgan fingerprint density at radius 1 is 0.971 bits per heavy atom. The molecule has 0 bridgehead atoms. The summed E-state index contributed by atoms with van der Waals surface area (Å²) in [6, 6.07) is 12.5. The van der Waals surface area contributed by atoms with Gasteiger partial charge in [0.1, 0.15) is 0 Å². The predicted octanol–water partition coefficient (Wildman–Crippen LogP) is 2.94. The monoisotopic (exact) mass is 483 g/mol. The molecule has 34 heavy (non-hydrogen) atoms. The second kappa shape index (κ2) is 9.60. The number of carbonyl (C=O) groups is 1. The molecule has 1 fully saturated rings. The molecule has 0 aliphatic carbocycles. The number of pyridine rings is 1. The zero-order valence-corrected chi connectivity index (χ0v) is 20.7. The van der Waals surface area contributed by atoms with Crippen molar-refractivity contribution in [3.05, 3.63) is 59.3 Å². The standard InChI is InChI=1S/C25H29N3O5S/c1-17-20-7-5-6-8-22(20)26-18(2)21(17)16-25(29)27-11-13-28(14-12-27)34(30,31)19-9-10-23(32-3)24(15-19)33-4/h5-10,15H,11-14,16H2,1-4H3. The third-order valence-electron chi connectivity index (χ3n) is 6.40. The van der Waals surface area contributed by atoms with Crippen molar-refractivity contribution in [1.82, 2.24) is 14.2 Å². The Bertz CT molecular complexity index is 1330. The van der Waals surface area contributed by atoms with E-state index in [2.05, 4.69) is 4.98 Å². The third kappa shape index (κ3) is 4.45. The number of fused-ring (bicyclic) bond motifs is 1. The number of ether oxygens (including phenoxy) is 2. The molecule has 0 spiro atoms. The highest BCUT2D eigenvalue weighted by molar-refractivity contribution is 7.89. The first kappa shape index (κ1) is 24.0. The van der Waals surface area contributed by atoms with Crippen LogP contribution in [0.5, 0.6) is 11.5 Å². The highest BCUT2D eigenvalue weighted by Gasteiger charge is 2.31. The Kier molecular flexibility index (Phi) is 6.77. The van der Waals surface area contributed by atoms with Crippen molar-refractivity contribution in [2.75, 3.05) is 40.4 Å². The quantitative estimate of drug-likeness (QED) is 0.536. The van der Waals surface area contributed by atoms with E-state index in [9.17, 15) is 13.2 Å². The summed E-state index contributed by atoms with van der Waals surface area (Å²) >= 11 is 0. The van der Waals surface area contributed by atoms with Gasteiger partial charge in [-0.2, -0.15) is 4.31 Å². The summed E-state index contributed by atoms with van der Waals surface area (Å²) in [5, 5.41) is 1.04. The summed E-state index contributed by atoms with van der Waals surface area (Å²) in [6.45, 7) is 5.09. The van der Waals surface area contributed by atoms with Crippen LogP contribution >= 0.6 is 0 Å². The van der Waals surface area contributed by atoms with E-state index in [4.69, 9.17) is 9.47 Å². The molecule has 0 unspecified atom stereocenters. The van der Waals surface area contributed by atoms with Crippen LogP contribution in [-0.2, 0) is 21.2 Å². The summed E-state index contributed by atoms with van der Waals surface area (Å²) < 4.78 is 38.2. The summed E-state index contributed by atoms with van der Waals surface area (Å²) in [5.41, 5.74) is 3.76. The van der Waals surface area contributed by atoms with Crippen LogP contribution in [0, 0.1) is 13.8 Å². The molecule has 0 atom stereocenters. The fourth-order valence-corrected chi connectivity index (χ4v) is 5.84. The summed E-state index contributed by atoms with van der Waals surface area (Å²) in [7, 11) is -0.751. The number of piperazine rings is 1. The zero-order chi connectivity index (χ0) is 24.5. The molecule has 2 aromatic carbocycles. The van der Waals surface area contributed by atoms with Crippen LogP contribution in [0.15, 0.2) is 47.4 Å². The van der Waals surface area contributed by atoms with E-state index in [0.717, 1.165) is 27.7 Å². The van der Waals surface area contributed by atoms with Crippen molar-refractivity contribution >= 4 is 26.8 Å². The first-order valence-corrected chi connectivity index (χ1v) is 12.5. The lowest BCUT2D eigenvalue weighted by molar-refractivity contribution is -0.131. The number of carbonyl (C=O) groups excluding carboxylic acids is 1. The van der Waals surface area contributed by atoms with Gasteiger partial charge in [-0.15, -0.1) is 0 Å². The molecule has 0 N–H and O–H groups in total. The molecule has 1 aliphatic rings. The number of aryl methyl sites for hydroxylation is 2. The Balaban J connectivity index is 1.46. The molecule has 1 saturated heterocycles. The van der Waals surface area contributed by atoms with Crippen LogP contribution in [0.3, 0.4) is 0 Å². The summed E-state index contributed by atoms with van der Waals surface area (Å²) in [5.74, 6) is 0.796. The fraction of sp³-hybridized carbons (Fsp3) is 0.360. The highest BCUT2D eigenvalue weighted by atomic mass is 32.2. The van der Waals surface area contributed by atoms with Gasteiger partial charge in [0.15, 0.2) is 11.5 Å². The van der Waals surface area contributed by atoms with Gasteiger partial charge in [-0.05, 0) is 43.2 Å². The molecule has 9 heteroatoms. The Morgan fingerprint density at radius 2 is 1.65 bits per heavy atom. The van der Waals surface area contributed by atoms with E-state index in [-0.39, 0.29) is 30.3 Å². The molecule has 1 aliphatic heterocycles. The number of hydrogen-bond acceptors (Lipinski definition) is 6. The number of rotatable bonds is 6. The number of para-hydroxylation sites is 1. The smallest absolute Gasteiger partial charge is 0.243 e. The van der Waals surface area contributed by atoms with Crippen LogP contribution in [-0.4, -0.2) is 68.9 Å². The number of aromatic nitrogens is 1. The van der Waals surface area contributed by atoms with Crippen molar-refractivity contribution in [3.8, 4) is 11.5 Å². The zero-order valence-electron chi connectivity index (χ0n) is 19.9. The lowest BCUT2D eigenvalue weighted by atomic mass is 9.99. The van der Waals surface area contributed by atoms with Gasteiger partial charge in [0.05, 0.1) is 31.1 Å². The van der Waals surface area contributed by atoms with Crippen molar-refractivity contribution in [2.24, 2.45) is 0 Å². The van der Waals surface area contributed by atoms with Crippen LogP contribution in [0.1, 0.15) is 16.8 Å². The molecule has 2 heterocycles. The maximum absolute atomic E-state index is 13.2. The van der Waals surface area contributed by atoms with Crippen molar-refractivity contribution in [1.29, 1.82) is 0 Å². The number of benzene rings is 2. The van der Waals surface area contributed by atoms with E-state index in [1.807, 2.05) is 38.1 Å². The van der Waals surface area contributed by atoms with Crippen molar-refractivity contribution in [3.63, 3.8) is 0 Å². The lowest BCUT2D eigenvalue weighted by Crippen LogP contribution is -2.50. The van der Waals surface area contributed by atoms with Crippen LogP contribution in [0.4, 0.5) is 0 Å². The SMILES string of the molecule is COc1ccc(S(=O)(=O)N2CCN(C(=O)Cc3c(C)nc4ccccc4c3C)CC2)cc1OC. The molecule has 8 nitrogen and oxygen atoms in total. The molecule has 4 rings (SSSR count). The number of hydrogen-bond donors (Lipinski definition) is 0. The second-order valence-corrected chi connectivity index (χ2v) is 10.2. The Hall–Kier alpha value is -3.17. The molecule has 1 aromatic heterocycles. The third-order valence-corrected chi connectivity index (χ3v) is 8.29. The van der Waals surface area contributed by atoms with E-state index in [1.54, 1.807) is 11.0 Å². The van der Waals surface area contributed by atoms with Gasteiger partial charge in [0.2, 0.25) is 15.9 Å². The molecule has 0 saturated carbocycles. The van der Waals surface area contributed by atoms with Crippen LogP contribution < -0.4 is 9.47 Å². The summed E-state index contributed by atoms with van der Waals surface area (Å²) in [4.78, 5) is 19.6. The van der Waals surface area contributed by atoms with Gasteiger partial charge in [0.25, 0.3) is 0 Å². The van der Waals surface area contributed by atoms with Gasteiger partial charge >= 0.3 is 0 Å². The fourth-order valence-electron chi connectivity index (χ4n) is 4.40. The van der Waals surface area contributed by atoms with Gasteiger partial charge in [-0.3, -0.25) is 9.78 Å². The Morgan fingerprint density at radius 3 is 2.32 bits per heavy atom. The van der Waals surface area contributed by atoms with E-state index >= 15 is 0 Å². The number of sulfonamides is 1. The largest absolute Gasteiger partial charge is 0.493 e. The van der Waals surface area contributed by atoms with Gasteiger partial charge in [0, 0.05) is 43.3 Å². The molecule has 0 radical (unpaired) electrons. The van der Waals surface area contributed by atoms with Crippen LogP contribution in [0.25, 0.3) is 10.9 Å². The van der Waals surface area contributed by atoms with Crippen LogP contribution in [0.2, 0.25) is 0 Å². The van der Waals surface area contributed by atoms with Gasteiger partial charge < -0.3 is 14.4 Å². The maximum Gasteiger partial charge on any atom is 0.243 e. The van der Waals surface area contributed by atoms with Gasteiger partial charge in [-0.1, -0.05) is 18.2 Å². The normalized spacial score (nSPS) is 14.9. The minimum atomic E-state index is -3.72. The molecule has 1 amide bonds. The van der Waals surface area contributed by atoms with Gasteiger partial charge in [-0.25, -0.2) is 8.42 Å². The topological polar surface area (TPSA) is 89.0 Å². The molecular weight excluding hydrogens is 454 g/mol. The number of methoxy groups -OCH3 is 2. The van der Waals surface area contributed by atoms with Crippen molar-refractivity contribution < 1.29 is 22.7 Å². The predicted molar refractivity (Wildman–Crippen MR) is 130 cm³/mol. The van der Waals surface area contributed by atoms with Crippen molar-refractivity contribution in [2.45, 2.75) is 25.2 Å². The summed E-state index contributed by atoms with van der Waals surface area (Å²) in [6.07, 6.45) is 0.248. The first-order valence-electron chi connectivity index (χ1n) is 11.1. The lowest BCUT2D eigenvalue weighted by Gasteiger charge is -2.34.